The smallest absolute Gasteiger partial charge is 0.241 e. The van der Waals surface area contributed by atoms with Crippen LogP contribution in [0, 0.1) is 5.92 Å². The Balaban J connectivity index is 2.03. The van der Waals surface area contributed by atoms with Gasteiger partial charge in [-0.2, -0.15) is 0 Å². The van der Waals surface area contributed by atoms with Crippen LogP contribution in [-0.2, 0) is 11.2 Å². The number of carbonyl (C=O) groups excluding carboxylic acids is 1. The average molecular weight is 274 g/mol. The Morgan fingerprint density at radius 2 is 2.00 bits per heavy atom. The van der Waals surface area contributed by atoms with Crippen LogP contribution in [0.1, 0.15) is 45.6 Å². The van der Waals surface area contributed by atoms with E-state index in [4.69, 9.17) is 0 Å². The molecule has 0 aromatic heterocycles. The maximum Gasteiger partial charge on any atom is 0.241 e. The summed E-state index contributed by atoms with van der Waals surface area (Å²) in [5.41, 5.74) is 2.21. The molecule has 2 unspecified atom stereocenters. The lowest BCUT2D eigenvalue weighted by atomic mass is 9.94. The van der Waals surface area contributed by atoms with Gasteiger partial charge in [-0.15, -0.1) is 0 Å². The second-order valence-corrected chi connectivity index (χ2v) is 5.77. The Labute approximate surface area is 122 Å². The Morgan fingerprint density at radius 3 is 2.70 bits per heavy atom. The highest BCUT2D eigenvalue weighted by Crippen LogP contribution is 2.22. The molecule has 1 amide bonds. The molecular weight excluding hydrogens is 248 g/mol. The largest absolute Gasteiger partial charge is 0.324 e. The summed E-state index contributed by atoms with van der Waals surface area (Å²) in [5.74, 6) is 0.737. The molecular formula is C17H26N2O. The minimum Gasteiger partial charge on any atom is -0.324 e. The molecule has 0 aliphatic carbocycles. The zero-order valence-electron chi connectivity index (χ0n) is 12.8. The standard InChI is InChI=1S/C17H26N2O/c1-4-13(5-2)12(3)18-16-11-10-14-8-6-7-9-15(14)19-17(16)20/h6-9,12-13,16,18H,4-5,10-11H2,1-3H3,(H,19,20). The van der Waals surface area contributed by atoms with Crippen LogP contribution in [0.5, 0.6) is 0 Å². The third-order valence-corrected chi connectivity index (χ3v) is 4.51. The number of benzene rings is 1. The number of para-hydroxylation sites is 1. The molecule has 0 bridgehead atoms. The first kappa shape index (κ1) is 15.0. The van der Waals surface area contributed by atoms with E-state index in [-0.39, 0.29) is 11.9 Å². The van der Waals surface area contributed by atoms with Crippen molar-refractivity contribution in [3.8, 4) is 0 Å². The first-order chi connectivity index (χ1) is 9.65. The van der Waals surface area contributed by atoms with Crippen LogP contribution in [0.3, 0.4) is 0 Å². The van der Waals surface area contributed by atoms with Crippen LogP contribution in [0.4, 0.5) is 5.69 Å². The molecule has 2 N–H and O–H groups in total. The summed E-state index contributed by atoms with van der Waals surface area (Å²) in [5, 5.41) is 6.58. The van der Waals surface area contributed by atoms with Crippen molar-refractivity contribution in [2.24, 2.45) is 5.92 Å². The van der Waals surface area contributed by atoms with Crippen LogP contribution < -0.4 is 10.6 Å². The Hall–Kier alpha value is -1.35. The van der Waals surface area contributed by atoms with Gasteiger partial charge in [-0.25, -0.2) is 0 Å². The maximum absolute atomic E-state index is 12.3. The van der Waals surface area contributed by atoms with Gasteiger partial charge in [-0.3, -0.25) is 4.79 Å². The molecule has 1 heterocycles. The van der Waals surface area contributed by atoms with E-state index in [1.54, 1.807) is 0 Å². The number of nitrogens with one attached hydrogen (secondary N) is 2. The first-order valence-corrected chi connectivity index (χ1v) is 7.80. The van der Waals surface area contributed by atoms with Crippen LogP contribution in [0.25, 0.3) is 0 Å². The van der Waals surface area contributed by atoms with Crippen LogP contribution in [-0.4, -0.2) is 18.0 Å². The molecule has 0 saturated carbocycles. The summed E-state index contributed by atoms with van der Waals surface area (Å²) in [6.45, 7) is 6.63. The van der Waals surface area contributed by atoms with E-state index in [0.29, 0.717) is 12.0 Å². The molecule has 20 heavy (non-hydrogen) atoms. The Bertz CT molecular complexity index is 454. The molecule has 3 heteroatoms. The molecule has 0 fully saturated rings. The van der Waals surface area contributed by atoms with Gasteiger partial charge in [0.15, 0.2) is 0 Å². The maximum atomic E-state index is 12.3. The second-order valence-electron chi connectivity index (χ2n) is 5.77. The Kier molecular flexibility index (Phi) is 5.18. The van der Waals surface area contributed by atoms with Gasteiger partial charge in [-0.05, 0) is 37.3 Å². The van der Waals surface area contributed by atoms with E-state index in [1.165, 1.54) is 5.56 Å². The minimum absolute atomic E-state index is 0.0852. The number of fused-ring (bicyclic) bond motifs is 1. The van der Waals surface area contributed by atoms with Crippen molar-refractivity contribution >= 4 is 11.6 Å². The average Bonchev–Trinajstić information content (AvgIpc) is 2.60. The van der Waals surface area contributed by atoms with Gasteiger partial charge in [0.1, 0.15) is 0 Å². The number of rotatable bonds is 5. The summed E-state index contributed by atoms with van der Waals surface area (Å²) in [4.78, 5) is 12.3. The summed E-state index contributed by atoms with van der Waals surface area (Å²) < 4.78 is 0. The zero-order valence-corrected chi connectivity index (χ0v) is 12.8. The van der Waals surface area contributed by atoms with Crippen LogP contribution in [0.15, 0.2) is 24.3 Å². The van der Waals surface area contributed by atoms with Crippen molar-refractivity contribution in [2.45, 2.75) is 58.5 Å². The lowest BCUT2D eigenvalue weighted by Crippen LogP contribution is -2.46. The molecule has 1 aliphatic rings. The molecule has 110 valence electrons. The number of amides is 1. The highest BCUT2D eigenvalue weighted by Gasteiger charge is 2.26. The number of anilines is 1. The van der Waals surface area contributed by atoms with Gasteiger partial charge < -0.3 is 10.6 Å². The van der Waals surface area contributed by atoms with Crippen molar-refractivity contribution < 1.29 is 4.79 Å². The number of hydrogen-bond donors (Lipinski definition) is 2. The molecule has 1 aromatic rings. The normalized spacial score (nSPS) is 20.2. The predicted octanol–water partition coefficient (Wildman–Crippen LogP) is 3.35. The first-order valence-electron chi connectivity index (χ1n) is 7.80. The lowest BCUT2D eigenvalue weighted by Gasteiger charge is -2.26. The van der Waals surface area contributed by atoms with Gasteiger partial charge in [-0.1, -0.05) is 44.9 Å². The van der Waals surface area contributed by atoms with E-state index >= 15 is 0 Å². The van der Waals surface area contributed by atoms with Crippen molar-refractivity contribution in [1.29, 1.82) is 0 Å². The van der Waals surface area contributed by atoms with Crippen LogP contribution >= 0.6 is 0 Å². The monoisotopic (exact) mass is 274 g/mol. The molecule has 1 aliphatic heterocycles. The molecule has 0 saturated heterocycles. The summed E-state index contributed by atoms with van der Waals surface area (Å²) in [6, 6.07) is 8.38. The second kappa shape index (κ2) is 6.89. The molecule has 0 radical (unpaired) electrons. The van der Waals surface area contributed by atoms with Crippen molar-refractivity contribution in [3.05, 3.63) is 29.8 Å². The fourth-order valence-electron chi connectivity index (χ4n) is 3.12. The lowest BCUT2D eigenvalue weighted by molar-refractivity contribution is -0.118. The van der Waals surface area contributed by atoms with Gasteiger partial charge >= 0.3 is 0 Å². The van der Waals surface area contributed by atoms with Crippen LogP contribution in [0.2, 0.25) is 0 Å². The third-order valence-electron chi connectivity index (χ3n) is 4.51. The molecule has 2 atom stereocenters. The highest BCUT2D eigenvalue weighted by molar-refractivity contribution is 5.96. The summed E-state index contributed by atoms with van der Waals surface area (Å²) in [6.07, 6.45) is 4.12. The van der Waals surface area contributed by atoms with E-state index in [2.05, 4.69) is 37.5 Å². The topological polar surface area (TPSA) is 41.1 Å². The van der Waals surface area contributed by atoms with E-state index in [0.717, 1.165) is 31.4 Å². The number of carbonyl (C=O) groups is 1. The van der Waals surface area contributed by atoms with Crippen molar-refractivity contribution in [2.75, 3.05) is 5.32 Å². The van der Waals surface area contributed by atoms with E-state index in [9.17, 15) is 4.79 Å². The van der Waals surface area contributed by atoms with Gasteiger partial charge in [0.2, 0.25) is 5.91 Å². The van der Waals surface area contributed by atoms with Gasteiger partial charge in [0, 0.05) is 11.7 Å². The molecule has 3 nitrogen and oxygen atoms in total. The summed E-state index contributed by atoms with van der Waals surface area (Å²) >= 11 is 0. The number of aryl methyl sites for hydroxylation is 1. The van der Waals surface area contributed by atoms with E-state index in [1.807, 2.05) is 18.2 Å². The predicted molar refractivity (Wildman–Crippen MR) is 83.9 cm³/mol. The fraction of sp³-hybridized carbons (Fsp3) is 0.588. The highest BCUT2D eigenvalue weighted by atomic mass is 16.2. The zero-order chi connectivity index (χ0) is 14.5. The van der Waals surface area contributed by atoms with Gasteiger partial charge in [0.05, 0.1) is 6.04 Å². The fourth-order valence-corrected chi connectivity index (χ4v) is 3.12. The van der Waals surface area contributed by atoms with Gasteiger partial charge in [0.25, 0.3) is 0 Å². The summed E-state index contributed by atoms with van der Waals surface area (Å²) in [7, 11) is 0. The quantitative estimate of drug-likeness (QED) is 0.864. The molecule has 2 rings (SSSR count). The Morgan fingerprint density at radius 1 is 1.30 bits per heavy atom. The third kappa shape index (κ3) is 3.40. The SMILES string of the molecule is CCC(CC)C(C)NC1CCc2ccccc2NC1=O. The molecule has 1 aromatic carbocycles. The van der Waals surface area contributed by atoms with Crippen molar-refractivity contribution in [1.82, 2.24) is 5.32 Å². The van der Waals surface area contributed by atoms with Crippen molar-refractivity contribution in [3.63, 3.8) is 0 Å². The van der Waals surface area contributed by atoms with E-state index < -0.39 is 0 Å². The molecule has 0 spiro atoms. The minimum atomic E-state index is -0.0852. The number of hydrogen-bond acceptors (Lipinski definition) is 2.